The summed E-state index contributed by atoms with van der Waals surface area (Å²) in [5, 5.41) is 2.75. The molecule has 0 bridgehead atoms. The Morgan fingerprint density at radius 2 is 2.10 bits per heavy atom. The van der Waals surface area contributed by atoms with Gasteiger partial charge in [0.25, 0.3) is 0 Å². The van der Waals surface area contributed by atoms with Crippen LogP contribution in [0.4, 0.5) is 0 Å². The number of benzene rings is 1. The van der Waals surface area contributed by atoms with Gasteiger partial charge in [0.1, 0.15) is 0 Å². The molecule has 110 valence electrons. The Morgan fingerprint density at radius 1 is 1.33 bits per heavy atom. The third-order valence-corrected chi connectivity index (χ3v) is 5.13. The first-order valence-corrected chi connectivity index (χ1v) is 8.50. The van der Waals surface area contributed by atoms with Gasteiger partial charge >= 0.3 is 0 Å². The fourth-order valence-electron chi connectivity index (χ4n) is 2.71. The Morgan fingerprint density at radius 3 is 2.71 bits per heavy atom. The lowest BCUT2D eigenvalue weighted by Crippen LogP contribution is -2.36. The molecule has 1 aliphatic carbocycles. The summed E-state index contributed by atoms with van der Waals surface area (Å²) in [5.41, 5.74) is 1.03. The number of halogens is 1. The maximum absolute atomic E-state index is 12.7. The first-order chi connectivity index (χ1) is 10.2. The second-order valence-electron chi connectivity index (χ2n) is 5.49. The summed E-state index contributed by atoms with van der Waals surface area (Å²) in [4.78, 5) is 15.9. The van der Waals surface area contributed by atoms with Crippen LogP contribution in [-0.2, 0) is 11.2 Å². The van der Waals surface area contributed by atoms with Crippen molar-refractivity contribution in [2.45, 2.75) is 38.3 Å². The van der Waals surface area contributed by atoms with Crippen molar-refractivity contribution in [3.63, 3.8) is 0 Å². The van der Waals surface area contributed by atoms with E-state index in [1.165, 1.54) is 0 Å². The van der Waals surface area contributed by atoms with Crippen molar-refractivity contribution in [1.82, 2.24) is 4.90 Å². The number of hydrogen-bond donors (Lipinski definition) is 0. The standard InChI is InChI=1S/C17H18ClNOS/c1-12(15-6-2-3-7-16(15)18)19(13-8-9-13)17(20)11-14-5-4-10-21-14/h2-7,10,12-13H,8-9,11H2,1H3. The summed E-state index contributed by atoms with van der Waals surface area (Å²) in [7, 11) is 0. The van der Waals surface area contributed by atoms with Crippen LogP contribution in [0, 0.1) is 0 Å². The number of carbonyl (C=O) groups is 1. The normalized spacial score (nSPS) is 15.7. The molecule has 1 aromatic carbocycles. The van der Waals surface area contributed by atoms with Gasteiger partial charge in [-0.3, -0.25) is 4.79 Å². The third kappa shape index (κ3) is 3.30. The van der Waals surface area contributed by atoms with Gasteiger partial charge in [-0.1, -0.05) is 35.9 Å². The molecule has 0 spiro atoms. The first-order valence-electron chi connectivity index (χ1n) is 7.25. The molecule has 1 unspecified atom stereocenters. The molecule has 0 aliphatic heterocycles. The Balaban J connectivity index is 1.81. The van der Waals surface area contributed by atoms with Gasteiger partial charge < -0.3 is 4.90 Å². The van der Waals surface area contributed by atoms with Crippen molar-refractivity contribution in [3.05, 3.63) is 57.2 Å². The summed E-state index contributed by atoms with van der Waals surface area (Å²) < 4.78 is 0. The van der Waals surface area contributed by atoms with Crippen LogP contribution in [0.25, 0.3) is 0 Å². The molecule has 0 saturated heterocycles. The minimum Gasteiger partial charge on any atom is -0.333 e. The monoisotopic (exact) mass is 319 g/mol. The van der Waals surface area contributed by atoms with E-state index in [-0.39, 0.29) is 11.9 Å². The SMILES string of the molecule is CC(c1ccccc1Cl)N(C(=O)Cc1cccs1)C1CC1. The van der Waals surface area contributed by atoms with Crippen LogP contribution >= 0.6 is 22.9 Å². The molecule has 1 saturated carbocycles. The summed E-state index contributed by atoms with van der Waals surface area (Å²) in [6, 6.07) is 12.2. The minimum absolute atomic E-state index is 0.0265. The predicted octanol–water partition coefficient (Wildman–Crippen LogP) is 4.70. The van der Waals surface area contributed by atoms with E-state index in [2.05, 4.69) is 6.92 Å². The zero-order chi connectivity index (χ0) is 14.8. The molecule has 1 amide bonds. The van der Waals surface area contributed by atoms with Gasteiger partial charge in [-0.2, -0.15) is 0 Å². The lowest BCUT2D eigenvalue weighted by atomic mass is 10.1. The topological polar surface area (TPSA) is 20.3 Å². The molecule has 0 radical (unpaired) electrons. The fraction of sp³-hybridized carbons (Fsp3) is 0.353. The van der Waals surface area contributed by atoms with Crippen molar-refractivity contribution < 1.29 is 4.79 Å². The highest BCUT2D eigenvalue weighted by Crippen LogP contribution is 2.37. The van der Waals surface area contributed by atoms with E-state index in [1.54, 1.807) is 11.3 Å². The van der Waals surface area contributed by atoms with Crippen LogP contribution in [0.5, 0.6) is 0 Å². The average Bonchev–Trinajstić information content (AvgIpc) is 3.16. The zero-order valence-corrected chi connectivity index (χ0v) is 13.5. The highest BCUT2D eigenvalue weighted by atomic mass is 35.5. The molecule has 0 N–H and O–H groups in total. The molecule has 1 aliphatic rings. The Hall–Kier alpha value is -1.32. The molecule has 1 heterocycles. The zero-order valence-electron chi connectivity index (χ0n) is 12.0. The summed E-state index contributed by atoms with van der Waals surface area (Å²) in [5.74, 6) is 0.201. The van der Waals surface area contributed by atoms with Gasteiger partial charge in [0, 0.05) is 15.9 Å². The van der Waals surface area contributed by atoms with Crippen molar-refractivity contribution in [2.24, 2.45) is 0 Å². The highest BCUT2D eigenvalue weighted by molar-refractivity contribution is 7.10. The van der Waals surface area contributed by atoms with Crippen LogP contribution in [-0.4, -0.2) is 16.8 Å². The minimum atomic E-state index is 0.0265. The molecule has 4 heteroatoms. The number of rotatable bonds is 5. The van der Waals surface area contributed by atoms with Crippen molar-refractivity contribution in [2.75, 3.05) is 0 Å². The van der Waals surface area contributed by atoms with E-state index in [0.717, 1.165) is 28.3 Å². The van der Waals surface area contributed by atoms with Crippen molar-refractivity contribution >= 4 is 28.8 Å². The lowest BCUT2D eigenvalue weighted by molar-refractivity contribution is -0.133. The second-order valence-corrected chi connectivity index (χ2v) is 6.93. The quantitative estimate of drug-likeness (QED) is 0.782. The maximum atomic E-state index is 12.7. The van der Waals surface area contributed by atoms with Crippen molar-refractivity contribution in [3.8, 4) is 0 Å². The molecular weight excluding hydrogens is 302 g/mol. The number of thiophene rings is 1. The molecule has 1 aromatic heterocycles. The molecule has 2 nitrogen and oxygen atoms in total. The van der Waals surface area contributed by atoms with E-state index in [4.69, 9.17) is 11.6 Å². The average molecular weight is 320 g/mol. The summed E-state index contributed by atoms with van der Waals surface area (Å²) in [6.07, 6.45) is 2.69. The van der Waals surface area contributed by atoms with Gasteiger partial charge in [-0.15, -0.1) is 11.3 Å². The highest BCUT2D eigenvalue weighted by Gasteiger charge is 2.36. The van der Waals surface area contributed by atoms with Crippen LogP contribution < -0.4 is 0 Å². The molecule has 1 atom stereocenters. The summed E-state index contributed by atoms with van der Waals surface area (Å²) >= 11 is 7.94. The molecule has 3 rings (SSSR count). The Labute approximate surface area is 134 Å². The van der Waals surface area contributed by atoms with Gasteiger partial charge in [0.2, 0.25) is 5.91 Å². The van der Waals surface area contributed by atoms with Crippen LogP contribution in [0.15, 0.2) is 41.8 Å². The first kappa shape index (κ1) is 14.6. The number of nitrogens with zero attached hydrogens (tertiary/aromatic N) is 1. The lowest BCUT2D eigenvalue weighted by Gasteiger charge is -2.30. The molecular formula is C17H18ClNOS. The Kier molecular flexibility index (Phi) is 4.32. The van der Waals surface area contributed by atoms with E-state index in [9.17, 15) is 4.79 Å². The largest absolute Gasteiger partial charge is 0.333 e. The van der Waals surface area contributed by atoms with E-state index in [0.29, 0.717) is 12.5 Å². The third-order valence-electron chi connectivity index (χ3n) is 3.91. The summed E-state index contributed by atoms with van der Waals surface area (Å²) in [6.45, 7) is 2.08. The van der Waals surface area contributed by atoms with Gasteiger partial charge in [0.05, 0.1) is 12.5 Å². The molecule has 1 fully saturated rings. The molecule has 21 heavy (non-hydrogen) atoms. The second kappa shape index (κ2) is 6.20. The number of hydrogen-bond acceptors (Lipinski definition) is 2. The van der Waals surface area contributed by atoms with E-state index >= 15 is 0 Å². The van der Waals surface area contributed by atoms with Crippen LogP contribution in [0.3, 0.4) is 0 Å². The number of carbonyl (C=O) groups excluding carboxylic acids is 1. The number of amides is 1. The predicted molar refractivity (Wildman–Crippen MR) is 87.8 cm³/mol. The Bertz CT molecular complexity index is 621. The smallest absolute Gasteiger partial charge is 0.228 e. The van der Waals surface area contributed by atoms with Crippen LogP contribution in [0.1, 0.15) is 36.2 Å². The van der Waals surface area contributed by atoms with Gasteiger partial charge in [0.15, 0.2) is 0 Å². The van der Waals surface area contributed by atoms with Crippen molar-refractivity contribution in [1.29, 1.82) is 0 Å². The van der Waals surface area contributed by atoms with Gasteiger partial charge in [-0.05, 0) is 42.8 Å². The molecule has 2 aromatic rings. The maximum Gasteiger partial charge on any atom is 0.228 e. The van der Waals surface area contributed by atoms with Crippen LogP contribution in [0.2, 0.25) is 5.02 Å². The van der Waals surface area contributed by atoms with E-state index in [1.807, 2.05) is 46.7 Å². The fourth-order valence-corrected chi connectivity index (χ4v) is 3.70. The van der Waals surface area contributed by atoms with E-state index < -0.39 is 0 Å². The van der Waals surface area contributed by atoms with Gasteiger partial charge in [-0.25, -0.2) is 0 Å².